The standard InChI is InChI=1S/C15H32N2/c1-4-6-11-17(5-2)12-9-14(3)15-8-7-10-16-13-15/h14-16H,4-13H2,1-3H3. The first kappa shape index (κ1) is 15.0. The van der Waals surface area contributed by atoms with E-state index in [1.807, 2.05) is 0 Å². The number of unbranched alkanes of at least 4 members (excludes halogenated alkanes) is 1. The number of hydrogen-bond donors (Lipinski definition) is 1. The van der Waals surface area contributed by atoms with Crippen LogP contribution in [0.25, 0.3) is 0 Å². The highest BCUT2D eigenvalue weighted by Crippen LogP contribution is 2.22. The topological polar surface area (TPSA) is 15.3 Å². The largest absolute Gasteiger partial charge is 0.316 e. The second-order valence-corrected chi connectivity index (χ2v) is 5.66. The lowest BCUT2D eigenvalue weighted by Gasteiger charge is -2.30. The fourth-order valence-corrected chi connectivity index (χ4v) is 2.80. The highest BCUT2D eigenvalue weighted by atomic mass is 15.1. The molecular weight excluding hydrogens is 208 g/mol. The molecule has 1 saturated heterocycles. The van der Waals surface area contributed by atoms with Crippen molar-refractivity contribution in [2.24, 2.45) is 11.8 Å². The van der Waals surface area contributed by atoms with E-state index in [0.717, 1.165) is 11.8 Å². The second-order valence-electron chi connectivity index (χ2n) is 5.66. The molecule has 1 fully saturated rings. The van der Waals surface area contributed by atoms with Crippen LogP contribution in [-0.4, -0.2) is 37.6 Å². The molecule has 102 valence electrons. The molecule has 2 nitrogen and oxygen atoms in total. The van der Waals surface area contributed by atoms with Gasteiger partial charge in [-0.3, -0.25) is 0 Å². The molecule has 0 spiro atoms. The molecule has 0 radical (unpaired) electrons. The minimum Gasteiger partial charge on any atom is -0.316 e. The van der Waals surface area contributed by atoms with Crippen LogP contribution in [0.2, 0.25) is 0 Å². The van der Waals surface area contributed by atoms with Gasteiger partial charge in [-0.1, -0.05) is 27.2 Å². The van der Waals surface area contributed by atoms with E-state index in [1.165, 1.54) is 64.8 Å². The molecule has 1 N–H and O–H groups in total. The van der Waals surface area contributed by atoms with E-state index >= 15 is 0 Å². The van der Waals surface area contributed by atoms with Crippen LogP contribution in [0.15, 0.2) is 0 Å². The first-order valence-corrected chi connectivity index (χ1v) is 7.71. The summed E-state index contributed by atoms with van der Waals surface area (Å²) >= 11 is 0. The molecule has 17 heavy (non-hydrogen) atoms. The summed E-state index contributed by atoms with van der Waals surface area (Å²) in [4.78, 5) is 2.62. The van der Waals surface area contributed by atoms with E-state index in [1.54, 1.807) is 0 Å². The maximum Gasteiger partial charge on any atom is -0.00162 e. The molecule has 0 aromatic heterocycles. The SMILES string of the molecule is CCCCN(CC)CCC(C)C1CCCNC1. The molecule has 2 unspecified atom stereocenters. The molecule has 0 amide bonds. The van der Waals surface area contributed by atoms with E-state index in [-0.39, 0.29) is 0 Å². The van der Waals surface area contributed by atoms with Crippen molar-refractivity contribution in [2.45, 2.75) is 52.9 Å². The van der Waals surface area contributed by atoms with E-state index in [0.29, 0.717) is 0 Å². The number of nitrogens with zero attached hydrogens (tertiary/aromatic N) is 1. The Balaban J connectivity index is 2.17. The van der Waals surface area contributed by atoms with Crippen LogP contribution >= 0.6 is 0 Å². The van der Waals surface area contributed by atoms with Gasteiger partial charge in [-0.25, -0.2) is 0 Å². The summed E-state index contributed by atoms with van der Waals surface area (Å²) in [5.74, 6) is 1.81. The smallest absolute Gasteiger partial charge is 0.00162 e. The van der Waals surface area contributed by atoms with Crippen LogP contribution in [-0.2, 0) is 0 Å². The number of piperidine rings is 1. The Morgan fingerprint density at radius 1 is 1.29 bits per heavy atom. The molecule has 1 heterocycles. The average Bonchev–Trinajstić information content (AvgIpc) is 2.39. The van der Waals surface area contributed by atoms with Crippen LogP contribution in [0, 0.1) is 11.8 Å². The van der Waals surface area contributed by atoms with Crippen molar-refractivity contribution in [3.05, 3.63) is 0 Å². The lowest BCUT2D eigenvalue weighted by atomic mass is 9.85. The molecule has 1 rings (SSSR count). The summed E-state index contributed by atoms with van der Waals surface area (Å²) in [5.41, 5.74) is 0. The molecule has 0 aromatic rings. The zero-order valence-electron chi connectivity index (χ0n) is 12.2. The Labute approximate surface area is 108 Å². The lowest BCUT2D eigenvalue weighted by molar-refractivity contribution is 0.216. The van der Waals surface area contributed by atoms with Gasteiger partial charge in [-0.2, -0.15) is 0 Å². The first-order valence-electron chi connectivity index (χ1n) is 7.71. The minimum atomic E-state index is 0.887. The number of hydrogen-bond acceptors (Lipinski definition) is 2. The average molecular weight is 240 g/mol. The molecule has 2 heteroatoms. The van der Waals surface area contributed by atoms with Gasteiger partial charge in [0, 0.05) is 0 Å². The molecule has 2 atom stereocenters. The van der Waals surface area contributed by atoms with Gasteiger partial charge in [0.05, 0.1) is 0 Å². The number of nitrogens with one attached hydrogen (secondary N) is 1. The molecule has 0 aromatic carbocycles. The highest BCUT2D eigenvalue weighted by Gasteiger charge is 2.19. The number of rotatable bonds is 8. The fraction of sp³-hybridized carbons (Fsp3) is 1.00. The van der Waals surface area contributed by atoms with Crippen LogP contribution in [0.1, 0.15) is 52.9 Å². The third-order valence-electron chi connectivity index (χ3n) is 4.32. The fourth-order valence-electron chi connectivity index (χ4n) is 2.80. The van der Waals surface area contributed by atoms with Crippen LogP contribution in [0.5, 0.6) is 0 Å². The maximum absolute atomic E-state index is 3.54. The summed E-state index contributed by atoms with van der Waals surface area (Å²) < 4.78 is 0. The van der Waals surface area contributed by atoms with Gasteiger partial charge in [0.15, 0.2) is 0 Å². The zero-order valence-corrected chi connectivity index (χ0v) is 12.2. The van der Waals surface area contributed by atoms with Crippen molar-refractivity contribution < 1.29 is 0 Å². The van der Waals surface area contributed by atoms with Gasteiger partial charge < -0.3 is 10.2 Å². The monoisotopic (exact) mass is 240 g/mol. The summed E-state index contributed by atoms with van der Waals surface area (Å²) in [7, 11) is 0. The summed E-state index contributed by atoms with van der Waals surface area (Å²) in [6.07, 6.45) is 6.87. The van der Waals surface area contributed by atoms with Gasteiger partial charge in [-0.15, -0.1) is 0 Å². The predicted octanol–water partition coefficient (Wildman–Crippen LogP) is 3.13. The van der Waals surface area contributed by atoms with E-state index in [2.05, 4.69) is 31.0 Å². The Kier molecular flexibility index (Phi) is 7.87. The quantitative estimate of drug-likeness (QED) is 0.701. The lowest BCUT2D eigenvalue weighted by Crippen LogP contribution is -2.35. The Bertz CT molecular complexity index is 176. The van der Waals surface area contributed by atoms with Crippen molar-refractivity contribution in [1.29, 1.82) is 0 Å². The minimum absolute atomic E-state index is 0.887. The molecule has 0 saturated carbocycles. The predicted molar refractivity (Wildman–Crippen MR) is 76.4 cm³/mol. The highest BCUT2D eigenvalue weighted by molar-refractivity contribution is 4.74. The normalized spacial score (nSPS) is 22.9. The Morgan fingerprint density at radius 2 is 2.12 bits per heavy atom. The van der Waals surface area contributed by atoms with Gasteiger partial charge in [0.2, 0.25) is 0 Å². The molecule has 1 aliphatic rings. The molecule has 0 bridgehead atoms. The van der Waals surface area contributed by atoms with Gasteiger partial charge in [0.1, 0.15) is 0 Å². The summed E-state index contributed by atoms with van der Waals surface area (Å²) in [5, 5.41) is 3.54. The van der Waals surface area contributed by atoms with Crippen molar-refractivity contribution >= 4 is 0 Å². The van der Waals surface area contributed by atoms with E-state index in [4.69, 9.17) is 0 Å². The summed E-state index contributed by atoms with van der Waals surface area (Å²) in [6.45, 7) is 13.3. The van der Waals surface area contributed by atoms with E-state index < -0.39 is 0 Å². The third-order valence-corrected chi connectivity index (χ3v) is 4.32. The zero-order chi connectivity index (χ0) is 12.5. The van der Waals surface area contributed by atoms with Crippen LogP contribution in [0.4, 0.5) is 0 Å². The van der Waals surface area contributed by atoms with Crippen molar-refractivity contribution in [3.63, 3.8) is 0 Å². The van der Waals surface area contributed by atoms with Crippen LogP contribution < -0.4 is 5.32 Å². The van der Waals surface area contributed by atoms with Crippen LogP contribution in [0.3, 0.4) is 0 Å². The Hall–Kier alpha value is -0.0800. The van der Waals surface area contributed by atoms with Crippen molar-refractivity contribution in [2.75, 3.05) is 32.7 Å². The maximum atomic E-state index is 3.54. The molecule has 1 aliphatic heterocycles. The van der Waals surface area contributed by atoms with Crippen molar-refractivity contribution in [3.8, 4) is 0 Å². The Morgan fingerprint density at radius 3 is 2.71 bits per heavy atom. The van der Waals surface area contributed by atoms with E-state index in [9.17, 15) is 0 Å². The van der Waals surface area contributed by atoms with Gasteiger partial charge in [-0.05, 0) is 70.2 Å². The second kappa shape index (κ2) is 8.93. The van der Waals surface area contributed by atoms with Gasteiger partial charge >= 0.3 is 0 Å². The van der Waals surface area contributed by atoms with Crippen molar-refractivity contribution in [1.82, 2.24) is 10.2 Å². The molecular formula is C15H32N2. The molecule has 0 aliphatic carbocycles. The first-order chi connectivity index (χ1) is 8.27. The van der Waals surface area contributed by atoms with Gasteiger partial charge in [0.25, 0.3) is 0 Å². The third kappa shape index (κ3) is 5.87. The summed E-state index contributed by atoms with van der Waals surface area (Å²) in [6, 6.07) is 0.